The zero-order chi connectivity index (χ0) is 10.4. The number of hydrogen-bond acceptors (Lipinski definition) is 1. The highest BCUT2D eigenvalue weighted by molar-refractivity contribution is 6.31. The summed E-state index contributed by atoms with van der Waals surface area (Å²) in [5, 5.41) is 4.02. The van der Waals surface area contributed by atoms with E-state index in [4.69, 9.17) is 11.6 Å². The molecule has 0 bridgehead atoms. The van der Waals surface area contributed by atoms with Crippen LogP contribution in [0, 0.1) is 0 Å². The summed E-state index contributed by atoms with van der Waals surface area (Å²) in [6.45, 7) is 3.08. The van der Waals surface area contributed by atoms with Crippen LogP contribution < -0.4 is 5.32 Å². The Balaban J connectivity index is 2.68. The van der Waals surface area contributed by atoms with Crippen LogP contribution in [0.25, 0.3) is 0 Å². The van der Waals surface area contributed by atoms with E-state index in [0.717, 1.165) is 18.0 Å². The van der Waals surface area contributed by atoms with Gasteiger partial charge in [-0.1, -0.05) is 37.1 Å². The largest absolute Gasteiger partial charge is 0.316 e. The van der Waals surface area contributed by atoms with Crippen LogP contribution in [0.15, 0.2) is 18.2 Å². The number of aryl methyl sites for hydroxylation is 1. The van der Waals surface area contributed by atoms with Crippen LogP contribution in [-0.4, -0.2) is 7.05 Å². The molecule has 78 valence electrons. The average molecular weight is 212 g/mol. The Morgan fingerprint density at radius 3 is 2.71 bits per heavy atom. The van der Waals surface area contributed by atoms with E-state index < -0.39 is 0 Å². The zero-order valence-electron chi connectivity index (χ0n) is 8.94. The van der Waals surface area contributed by atoms with Gasteiger partial charge in [-0.25, -0.2) is 0 Å². The lowest BCUT2D eigenvalue weighted by atomic mass is 10.1. The summed E-state index contributed by atoms with van der Waals surface area (Å²) in [5.41, 5.74) is 2.52. The SMILES string of the molecule is CCCCc1ccc(CNC)cc1Cl. The molecule has 1 aromatic rings. The van der Waals surface area contributed by atoms with E-state index >= 15 is 0 Å². The second-order valence-electron chi connectivity index (χ2n) is 3.56. The first-order valence-electron chi connectivity index (χ1n) is 5.19. The smallest absolute Gasteiger partial charge is 0.0441 e. The molecule has 0 amide bonds. The highest BCUT2D eigenvalue weighted by Crippen LogP contribution is 2.19. The number of unbranched alkanes of at least 4 members (excludes halogenated alkanes) is 1. The normalized spacial score (nSPS) is 10.5. The first kappa shape index (κ1) is 11.5. The third-order valence-corrected chi connectivity index (χ3v) is 2.65. The molecule has 0 saturated heterocycles. The van der Waals surface area contributed by atoms with Crippen molar-refractivity contribution in [1.82, 2.24) is 5.32 Å². The van der Waals surface area contributed by atoms with Gasteiger partial charge >= 0.3 is 0 Å². The Hall–Kier alpha value is -0.530. The minimum atomic E-state index is 0.883. The maximum absolute atomic E-state index is 6.17. The van der Waals surface area contributed by atoms with Gasteiger partial charge in [0, 0.05) is 11.6 Å². The average Bonchev–Trinajstić information content (AvgIpc) is 2.17. The molecular weight excluding hydrogens is 194 g/mol. The predicted molar refractivity (Wildman–Crippen MR) is 62.8 cm³/mol. The number of rotatable bonds is 5. The molecule has 0 aliphatic rings. The van der Waals surface area contributed by atoms with Crippen LogP contribution in [0.2, 0.25) is 5.02 Å². The molecule has 0 fully saturated rings. The van der Waals surface area contributed by atoms with Crippen molar-refractivity contribution in [2.75, 3.05) is 7.05 Å². The van der Waals surface area contributed by atoms with Gasteiger partial charge in [-0.3, -0.25) is 0 Å². The van der Waals surface area contributed by atoms with Crippen LogP contribution >= 0.6 is 11.6 Å². The molecule has 0 aromatic heterocycles. The Kier molecular flexibility index (Phi) is 4.99. The maximum atomic E-state index is 6.17. The highest BCUT2D eigenvalue weighted by atomic mass is 35.5. The van der Waals surface area contributed by atoms with Crippen molar-refractivity contribution in [2.45, 2.75) is 32.7 Å². The van der Waals surface area contributed by atoms with Crippen molar-refractivity contribution in [3.8, 4) is 0 Å². The van der Waals surface area contributed by atoms with Crippen molar-refractivity contribution in [1.29, 1.82) is 0 Å². The van der Waals surface area contributed by atoms with E-state index in [0.29, 0.717) is 0 Å². The van der Waals surface area contributed by atoms with Gasteiger partial charge in [-0.05, 0) is 37.1 Å². The van der Waals surface area contributed by atoms with Gasteiger partial charge in [0.15, 0.2) is 0 Å². The molecule has 0 aliphatic heterocycles. The molecule has 1 N–H and O–H groups in total. The fourth-order valence-electron chi connectivity index (χ4n) is 1.47. The monoisotopic (exact) mass is 211 g/mol. The van der Waals surface area contributed by atoms with Crippen molar-refractivity contribution >= 4 is 11.6 Å². The predicted octanol–water partition coefficient (Wildman–Crippen LogP) is 3.40. The topological polar surface area (TPSA) is 12.0 Å². The summed E-state index contributed by atoms with van der Waals surface area (Å²) >= 11 is 6.17. The van der Waals surface area contributed by atoms with E-state index in [1.165, 1.54) is 24.0 Å². The fraction of sp³-hybridized carbons (Fsp3) is 0.500. The summed E-state index contributed by atoms with van der Waals surface area (Å²) in [4.78, 5) is 0. The molecule has 0 spiro atoms. The standard InChI is InChI=1S/C12H18ClN/c1-3-4-5-11-7-6-10(9-14-2)8-12(11)13/h6-8,14H,3-5,9H2,1-2H3. The van der Waals surface area contributed by atoms with Gasteiger partial charge < -0.3 is 5.32 Å². The third kappa shape index (κ3) is 3.32. The van der Waals surface area contributed by atoms with Crippen LogP contribution in [0.4, 0.5) is 0 Å². The summed E-state index contributed by atoms with van der Waals surface area (Å²) < 4.78 is 0. The van der Waals surface area contributed by atoms with Crippen LogP contribution in [0.1, 0.15) is 30.9 Å². The van der Waals surface area contributed by atoms with Crippen LogP contribution in [0.5, 0.6) is 0 Å². The Morgan fingerprint density at radius 1 is 1.36 bits per heavy atom. The zero-order valence-corrected chi connectivity index (χ0v) is 9.69. The Labute approximate surface area is 91.5 Å². The van der Waals surface area contributed by atoms with Crippen LogP contribution in [0.3, 0.4) is 0 Å². The lowest BCUT2D eigenvalue weighted by Gasteiger charge is -2.06. The van der Waals surface area contributed by atoms with E-state index in [9.17, 15) is 0 Å². The van der Waals surface area contributed by atoms with Crippen LogP contribution in [-0.2, 0) is 13.0 Å². The fourth-order valence-corrected chi connectivity index (χ4v) is 1.77. The third-order valence-electron chi connectivity index (χ3n) is 2.30. The molecule has 0 heterocycles. The van der Waals surface area contributed by atoms with Crippen molar-refractivity contribution in [3.05, 3.63) is 34.3 Å². The first-order valence-corrected chi connectivity index (χ1v) is 5.57. The molecule has 1 rings (SSSR count). The minimum Gasteiger partial charge on any atom is -0.316 e. The van der Waals surface area contributed by atoms with Gasteiger partial charge in [0.2, 0.25) is 0 Å². The van der Waals surface area contributed by atoms with Gasteiger partial charge in [-0.2, -0.15) is 0 Å². The molecule has 0 saturated carbocycles. The lowest BCUT2D eigenvalue weighted by molar-refractivity contribution is 0.791. The number of hydrogen-bond donors (Lipinski definition) is 1. The molecule has 0 radical (unpaired) electrons. The number of nitrogens with one attached hydrogen (secondary N) is 1. The quantitative estimate of drug-likeness (QED) is 0.787. The van der Waals surface area contributed by atoms with Crippen molar-refractivity contribution in [2.24, 2.45) is 0 Å². The first-order chi connectivity index (χ1) is 6.77. The number of halogens is 1. The minimum absolute atomic E-state index is 0.883. The maximum Gasteiger partial charge on any atom is 0.0441 e. The van der Waals surface area contributed by atoms with Gasteiger partial charge in [-0.15, -0.1) is 0 Å². The summed E-state index contributed by atoms with van der Waals surface area (Å²) in [6, 6.07) is 6.35. The Bertz CT molecular complexity index is 284. The lowest BCUT2D eigenvalue weighted by Crippen LogP contribution is -2.05. The summed E-state index contributed by atoms with van der Waals surface area (Å²) in [5.74, 6) is 0. The molecule has 0 aliphatic carbocycles. The Morgan fingerprint density at radius 2 is 2.14 bits per heavy atom. The second-order valence-corrected chi connectivity index (χ2v) is 3.97. The molecule has 2 heteroatoms. The molecule has 1 nitrogen and oxygen atoms in total. The second kappa shape index (κ2) is 6.05. The highest BCUT2D eigenvalue weighted by Gasteiger charge is 2.00. The number of benzene rings is 1. The van der Waals surface area contributed by atoms with E-state index in [1.54, 1.807) is 0 Å². The summed E-state index contributed by atoms with van der Waals surface area (Å²) in [7, 11) is 1.94. The van der Waals surface area contributed by atoms with Gasteiger partial charge in [0.05, 0.1) is 0 Å². The van der Waals surface area contributed by atoms with Crippen molar-refractivity contribution in [3.63, 3.8) is 0 Å². The molecule has 1 aromatic carbocycles. The van der Waals surface area contributed by atoms with E-state index in [1.807, 2.05) is 7.05 Å². The summed E-state index contributed by atoms with van der Waals surface area (Å²) in [6.07, 6.45) is 3.52. The van der Waals surface area contributed by atoms with Crippen molar-refractivity contribution < 1.29 is 0 Å². The molecule has 0 atom stereocenters. The molecule has 0 unspecified atom stereocenters. The van der Waals surface area contributed by atoms with Gasteiger partial charge in [0.1, 0.15) is 0 Å². The van der Waals surface area contributed by atoms with E-state index in [-0.39, 0.29) is 0 Å². The molecular formula is C12H18ClN. The van der Waals surface area contributed by atoms with E-state index in [2.05, 4.69) is 30.4 Å². The van der Waals surface area contributed by atoms with Gasteiger partial charge in [0.25, 0.3) is 0 Å². The molecule has 14 heavy (non-hydrogen) atoms.